The van der Waals surface area contributed by atoms with Crippen LogP contribution in [0.3, 0.4) is 0 Å². The SMILES string of the molecule is CC12CCC(N)CC1=CCC1C2CCC2(C)C(N)CCC12. The summed E-state index contributed by atoms with van der Waals surface area (Å²) in [5, 5.41) is 0. The van der Waals surface area contributed by atoms with Gasteiger partial charge >= 0.3 is 0 Å². The van der Waals surface area contributed by atoms with Crippen LogP contribution in [0.25, 0.3) is 0 Å². The van der Waals surface area contributed by atoms with E-state index in [-0.39, 0.29) is 0 Å². The molecule has 0 aromatic heterocycles. The molecule has 4 aliphatic carbocycles. The highest BCUT2D eigenvalue weighted by molar-refractivity contribution is 5.25. The molecule has 7 unspecified atom stereocenters. The van der Waals surface area contributed by atoms with Crippen molar-refractivity contribution in [3.8, 4) is 0 Å². The van der Waals surface area contributed by atoms with E-state index in [2.05, 4.69) is 19.9 Å². The summed E-state index contributed by atoms with van der Waals surface area (Å²) in [6.45, 7) is 5.04. The van der Waals surface area contributed by atoms with Crippen molar-refractivity contribution in [1.29, 1.82) is 0 Å². The second-order valence-corrected chi connectivity index (χ2v) is 8.99. The zero-order valence-electron chi connectivity index (χ0n) is 13.8. The van der Waals surface area contributed by atoms with E-state index >= 15 is 0 Å². The predicted octanol–water partition coefficient (Wildman–Crippen LogP) is 3.60. The minimum atomic E-state index is 0.412. The largest absolute Gasteiger partial charge is 0.327 e. The normalized spacial score (nSPS) is 56.2. The number of allylic oxidation sites excluding steroid dienone is 1. The zero-order valence-corrected chi connectivity index (χ0v) is 13.8. The standard InChI is InChI=1S/C19H32N2/c1-18-9-7-13(20)11-12(18)3-4-14-15-5-6-17(21)19(15,2)10-8-16(14)18/h3,13-17H,4-11,20-21H2,1-2H3. The third kappa shape index (κ3) is 1.84. The van der Waals surface area contributed by atoms with Gasteiger partial charge in [-0.15, -0.1) is 0 Å². The number of hydrogen-bond acceptors (Lipinski definition) is 2. The first kappa shape index (κ1) is 14.3. The van der Waals surface area contributed by atoms with Crippen molar-refractivity contribution in [2.45, 2.75) is 77.3 Å². The molecule has 118 valence electrons. The Balaban J connectivity index is 1.68. The highest BCUT2D eigenvalue weighted by Gasteiger charge is 2.57. The number of nitrogens with two attached hydrogens (primary N) is 2. The summed E-state index contributed by atoms with van der Waals surface area (Å²) < 4.78 is 0. The van der Waals surface area contributed by atoms with Gasteiger partial charge in [0.05, 0.1) is 0 Å². The van der Waals surface area contributed by atoms with E-state index in [1.165, 1.54) is 44.9 Å². The van der Waals surface area contributed by atoms with Gasteiger partial charge in [-0.3, -0.25) is 0 Å². The van der Waals surface area contributed by atoms with Gasteiger partial charge in [-0.1, -0.05) is 25.5 Å². The van der Waals surface area contributed by atoms with Crippen LogP contribution in [0.2, 0.25) is 0 Å². The lowest BCUT2D eigenvalue weighted by Crippen LogP contribution is -2.52. The van der Waals surface area contributed by atoms with Crippen molar-refractivity contribution in [3.63, 3.8) is 0 Å². The van der Waals surface area contributed by atoms with Crippen LogP contribution >= 0.6 is 0 Å². The molecule has 4 rings (SSSR count). The molecule has 0 aromatic carbocycles. The summed E-state index contributed by atoms with van der Waals surface area (Å²) in [5.74, 6) is 2.66. The van der Waals surface area contributed by atoms with Crippen LogP contribution in [0.4, 0.5) is 0 Å². The summed E-state index contributed by atoms with van der Waals surface area (Å²) >= 11 is 0. The van der Waals surface area contributed by atoms with Crippen molar-refractivity contribution >= 4 is 0 Å². The first-order valence-electron chi connectivity index (χ1n) is 9.16. The molecule has 3 saturated carbocycles. The molecule has 0 aliphatic heterocycles. The van der Waals surface area contributed by atoms with E-state index in [4.69, 9.17) is 11.5 Å². The van der Waals surface area contributed by atoms with Crippen LogP contribution in [-0.2, 0) is 0 Å². The first-order valence-corrected chi connectivity index (χ1v) is 9.16. The Morgan fingerprint density at radius 1 is 1.00 bits per heavy atom. The fraction of sp³-hybridized carbons (Fsp3) is 0.895. The van der Waals surface area contributed by atoms with Crippen molar-refractivity contribution in [1.82, 2.24) is 0 Å². The molecule has 0 bridgehead atoms. The average Bonchev–Trinajstić information content (AvgIpc) is 2.76. The van der Waals surface area contributed by atoms with Gasteiger partial charge in [-0.05, 0) is 80.0 Å². The van der Waals surface area contributed by atoms with Crippen LogP contribution < -0.4 is 11.5 Å². The van der Waals surface area contributed by atoms with Crippen LogP contribution in [0.5, 0.6) is 0 Å². The molecule has 2 nitrogen and oxygen atoms in total. The molecule has 0 radical (unpaired) electrons. The molecule has 3 fully saturated rings. The highest BCUT2D eigenvalue weighted by Crippen LogP contribution is 2.64. The van der Waals surface area contributed by atoms with Crippen LogP contribution in [-0.4, -0.2) is 12.1 Å². The summed E-state index contributed by atoms with van der Waals surface area (Å²) in [4.78, 5) is 0. The molecular weight excluding hydrogens is 256 g/mol. The zero-order chi connectivity index (χ0) is 14.8. The van der Waals surface area contributed by atoms with E-state index < -0.39 is 0 Å². The maximum absolute atomic E-state index is 6.50. The molecule has 2 heteroatoms. The maximum Gasteiger partial charge on any atom is 0.00957 e. The number of hydrogen-bond donors (Lipinski definition) is 2. The molecular formula is C19H32N2. The Morgan fingerprint density at radius 2 is 1.81 bits per heavy atom. The number of rotatable bonds is 0. The molecule has 4 aliphatic rings. The third-order valence-corrected chi connectivity index (χ3v) is 8.22. The number of fused-ring (bicyclic) bond motifs is 5. The topological polar surface area (TPSA) is 52.0 Å². The van der Waals surface area contributed by atoms with Gasteiger partial charge in [0.1, 0.15) is 0 Å². The summed E-state index contributed by atoms with van der Waals surface area (Å²) in [7, 11) is 0. The Morgan fingerprint density at radius 3 is 2.62 bits per heavy atom. The molecule has 0 spiro atoms. The Labute approximate surface area is 129 Å². The fourth-order valence-electron chi connectivity index (χ4n) is 6.73. The predicted molar refractivity (Wildman–Crippen MR) is 87.7 cm³/mol. The molecule has 0 heterocycles. The fourth-order valence-corrected chi connectivity index (χ4v) is 6.73. The molecule has 21 heavy (non-hydrogen) atoms. The molecule has 0 amide bonds. The average molecular weight is 288 g/mol. The van der Waals surface area contributed by atoms with E-state index in [0.717, 1.165) is 24.2 Å². The summed E-state index contributed by atoms with van der Waals surface area (Å²) in [6.07, 6.45) is 13.0. The lowest BCUT2D eigenvalue weighted by molar-refractivity contribution is -0.0309. The van der Waals surface area contributed by atoms with Gasteiger partial charge in [0, 0.05) is 12.1 Å². The van der Waals surface area contributed by atoms with Gasteiger partial charge < -0.3 is 11.5 Å². The lowest BCUT2D eigenvalue weighted by Gasteiger charge is -2.57. The summed E-state index contributed by atoms with van der Waals surface area (Å²) in [5.41, 5.74) is 15.3. The maximum atomic E-state index is 6.50. The van der Waals surface area contributed by atoms with Crippen LogP contribution in [0.15, 0.2) is 11.6 Å². The van der Waals surface area contributed by atoms with Gasteiger partial charge in [-0.2, -0.15) is 0 Å². The first-order chi connectivity index (χ1) is 9.95. The van der Waals surface area contributed by atoms with Crippen molar-refractivity contribution in [2.24, 2.45) is 40.1 Å². The second kappa shape index (κ2) is 4.58. The van der Waals surface area contributed by atoms with E-state index in [9.17, 15) is 0 Å². The van der Waals surface area contributed by atoms with Crippen molar-refractivity contribution < 1.29 is 0 Å². The highest BCUT2D eigenvalue weighted by atomic mass is 14.8. The van der Waals surface area contributed by atoms with Crippen LogP contribution in [0.1, 0.15) is 65.2 Å². The van der Waals surface area contributed by atoms with Crippen molar-refractivity contribution in [3.05, 3.63) is 11.6 Å². The van der Waals surface area contributed by atoms with E-state index in [0.29, 0.717) is 22.9 Å². The minimum Gasteiger partial charge on any atom is -0.327 e. The van der Waals surface area contributed by atoms with Crippen LogP contribution in [0, 0.1) is 28.6 Å². The molecule has 0 aromatic rings. The minimum absolute atomic E-state index is 0.412. The van der Waals surface area contributed by atoms with Gasteiger partial charge in [0.2, 0.25) is 0 Å². The van der Waals surface area contributed by atoms with E-state index in [1.807, 2.05) is 0 Å². The monoisotopic (exact) mass is 288 g/mol. The quantitative estimate of drug-likeness (QED) is 0.669. The Bertz CT molecular complexity index is 470. The smallest absolute Gasteiger partial charge is 0.00957 e. The van der Waals surface area contributed by atoms with Gasteiger partial charge in [0.25, 0.3) is 0 Å². The third-order valence-electron chi connectivity index (χ3n) is 8.22. The van der Waals surface area contributed by atoms with E-state index in [1.54, 1.807) is 5.57 Å². The Hall–Kier alpha value is -0.340. The molecule has 0 saturated heterocycles. The van der Waals surface area contributed by atoms with Gasteiger partial charge in [-0.25, -0.2) is 0 Å². The van der Waals surface area contributed by atoms with Crippen molar-refractivity contribution in [2.75, 3.05) is 0 Å². The molecule has 4 N–H and O–H groups in total. The Kier molecular flexibility index (Phi) is 3.11. The summed E-state index contributed by atoms with van der Waals surface area (Å²) in [6, 6.07) is 0.857. The lowest BCUT2D eigenvalue weighted by atomic mass is 9.48. The molecule has 7 atom stereocenters. The second-order valence-electron chi connectivity index (χ2n) is 8.99. The van der Waals surface area contributed by atoms with Gasteiger partial charge in [0.15, 0.2) is 0 Å².